The highest BCUT2D eigenvalue weighted by atomic mass is 19.2. The van der Waals surface area contributed by atoms with Crippen LogP contribution >= 0.6 is 0 Å². The fourth-order valence-corrected chi connectivity index (χ4v) is 5.56. The molecule has 5 rings (SSSR count). The summed E-state index contributed by atoms with van der Waals surface area (Å²) < 4.78 is 145. The molecule has 5 aromatic rings. The van der Waals surface area contributed by atoms with E-state index in [0.29, 0.717) is 22.5 Å². The van der Waals surface area contributed by atoms with Gasteiger partial charge in [0.2, 0.25) is 11.6 Å². The molecule has 14 heteroatoms. The zero-order chi connectivity index (χ0) is 39.8. The van der Waals surface area contributed by atoms with Crippen LogP contribution in [0.3, 0.4) is 0 Å². The average molecular weight is 751 g/mol. The second-order valence-electron chi connectivity index (χ2n) is 12.1. The van der Waals surface area contributed by atoms with Crippen LogP contribution in [0.4, 0.5) is 55.3 Å². The van der Waals surface area contributed by atoms with Crippen LogP contribution in [0.5, 0.6) is 0 Å². The fraction of sp³-hybridized carbons (Fsp3) is 0.100. The molecule has 5 aromatic carbocycles. The molecule has 0 spiro atoms. The summed E-state index contributed by atoms with van der Waals surface area (Å²) in [5.41, 5.74) is -2.87. The topological polar surface area (TPSA) is 54.1 Å². The molecule has 0 unspecified atom stereocenters. The maximum Gasteiger partial charge on any atom is 0.200 e. The Morgan fingerprint density at radius 1 is 0.444 bits per heavy atom. The molecule has 0 bridgehead atoms. The van der Waals surface area contributed by atoms with Crippen molar-refractivity contribution in [3.05, 3.63) is 141 Å². The van der Waals surface area contributed by atoms with Crippen LogP contribution < -0.4 is 9.80 Å². The van der Waals surface area contributed by atoms with Gasteiger partial charge in [-0.3, -0.25) is 0 Å². The summed E-state index contributed by atoms with van der Waals surface area (Å²) in [6.45, 7) is 0. The molecule has 274 valence electrons. The number of halogens is 10. The van der Waals surface area contributed by atoms with E-state index >= 15 is 0 Å². The van der Waals surface area contributed by atoms with Crippen LogP contribution in [0.1, 0.15) is 22.3 Å². The highest BCUT2D eigenvalue weighted by Crippen LogP contribution is 2.39. The zero-order valence-electron chi connectivity index (χ0n) is 28.5. The molecule has 0 fully saturated rings. The van der Waals surface area contributed by atoms with Gasteiger partial charge in [-0.1, -0.05) is 24.3 Å². The quantitative estimate of drug-likeness (QED) is 0.0521. The van der Waals surface area contributed by atoms with Gasteiger partial charge in [0.1, 0.15) is 0 Å². The van der Waals surface area contributed by atoms with Crippen molar-refractivity contribution < 1.29 is 43.9 Å². The molecule has 0 aliphatic heterocycles. The number of nitrogens with zero attached hydrogens (tertiary/aromatic N) is 4. The molecule has 0 radical (unpaired) electrons. The summed E-state index contributed by atoms with van der Waals surface area (Å²) in [6.07, 6.45) is 1.74. The number of allylic oxidation sites excluding steroid dienone is 2. The second-order valence-corrected chi connectivity index (χ2v) is 12.1. The maximum atomic E-state index is 15.0. The molecule has 0 amide bonds. The summed E-state index contributed by atoms with van der Waals surface area (Å²) in [6, 6.07) is 18.5. The van der Waals surface area contributed by atoms with Crippen molar-refractivity contribution in [3.63, 3.8) is 0 Å². The van der Waals surface area contributed by atoms with Gasteiger partial charge >= 0.3 is 0 Å². The number of rotatable bonds is 8. The molecule has 0 atom stereocenters. The third-order valence-electron chi connectivity index (χ3n) is 8.41. The first-order valence-electron chi connectivity index (χ1n) is 15.5. The molecule has 0 saturated carbocycles. The lowest BCUT2D eigenvalue weighted by Gasteiger charge is -2.18. The molecular weight excluding hydrogens is 726 g/mol. The van der Waals surface area contributed by atoms with Crippen molar-refractivity contribution >= 4 is 34.7 Å². The molecular formula is C40H24F10N4. The summed E-state index contributed by atoms with van der Waals surface area (Å²) >= 11 is 0. The van der Waals surface area contributed by atoms with Gasteiger partial charge in [0.05, 0.1) is 34.4 Å². The summed E-state index contributed by atoms with van der Waals surface area (Å²) in [5, 5.41) is 20.0. The molecule has 0 aliphatic carbocycles. The third kappa shape index (κ3) is 6.98. The van der Waals surface area contributed by atoms with Gasteiger partial charge in [-0.25, -0.2) is 43.9 Å². The van der Waals surface area contributed by atoms with Crippen LogP contribution in [0, 0.1) is 80.8 Å². The van der Waals surface area contributed by atoms with Gasteiger partial charge in [-0.05, 0) is 81.9 Å². The normalized spacial score (nSPS) is 11.7. The molecule has 4 nitrogen and oxygen atoms in total. The predicted octanol–water partition coefficient (Wildman–Crippen LogP) is 10.7. The van der Waals surface area contributed by atoms with E-state index in [1.54, 1.807) is 86.5 Å². The summed E-state index contributed by atoms with van der Waals surface area (Å²) in [7, 11) is 6.98. The highest BCUT2D eigenvalue weighted by Gasteiger charge is 2.30. The number of nitriles is 2. The van der Waals surface area contributed by atoms with Crippen LogP contribution in [0.2, 0.25) is 0 Å². The Kier molecular flexibility index (Phi) is 10.9. The van der Waals surface area contributed by atoms with E-state index in [1.165, 1.54) is 24.3 Å². The lowest BCUT2D eigenvalue weighted by molar-refractivity contribution is 0.376. The Morgan fingerprint density at radius 3 is 0.944 bits per heavy atom. The summed E-state index contributed by atoms with van der Waals surface area (Å²) in [4.78, 5) is 3.50. The van der Waals surface area contributed by atoms with E-state index in [9.17, 15) is 54.4 Å². The molecule has 0 heterocycles. The van der Waals surface area contributed by atoms with Crippen LogP contribution in [0.25, 0.3) is 45.6 Å². The van der Waals surface area contributed by atoms with Gasteiger partial charge in [0.25, 0.3) is 0 Å². The van der Waals surface area contributed by atoms with E-state index < -0.39 is 80.4 Å². The monoisotopic (exact) mass is 750 g/mol. The predicted molar refractivity (Wildman–Crippen MR) is 185 cm³/mol. The Bertz CT molecular complexity index is 2230. The Morgan fingerprint density at radius 2 is 0.704 bits per heavy atom. The Balaban J connectivity index is 1.93. The minimum Gasteiger partial charge on any atom is -0.378 e. The minimum absolute atomic E-state index is 0.0494. The number of hydrogen-bond acceptors (Lipinski definition) is 4. The number of benzene rings is 5. The Hall–Kier alpha value is -6.54. The largest absolute Gasteiger partial charge is 0.378 e. The van der Waals surface area contributed by atoms with E-state index in [2.05, 4.69) is 0 Å². The standard InChI is InChI=1S/C40H24F10N4/c1-53(2)25-9-5-19(6-10-25)27-15-22(14-24(18-52)30-33(43)37(47)40(50)38(48)34(30)44)28(20-7-11-26(12-8-20)54(3)4)16-21(27)13-23(17-51)29-31(41)35(45)39(49)36(46)32(29)42/h5-16H,1-4H3/b23-13+,24-14+. The first kappa shape index (κ1) is 38.7. The summed E-state index contributed by atoms with van der Waals surface area (Å²) in [5.74, 6) is -23.1. The number of anilines is 2. The van der Waals surface area contributed by atoms with E-state index in [4.69, 9.17) is 0 Å². The SMILES string of the molecule is CN(C)c1ccc(-c2cc(/C=C(\C#N)c3c(F)c(F)c(F)c(F)c3F)c(-c3ccc(N(C)C)cc3)cc2/C=C(\C#N)c2c(F)c(F)c(F)c(F)c2F)cc1. The molecule has 0 aliphatic rings. The van der Waals surface area contributed by atoms with Crippen molar-refractivity contribution in [2.75, 3.05) is 38.0 Å². The van der Waals surface area contributed by atoms with Gasteiger partial charge in [-0.15, -0.1) is 0 Å². The van der Waals surface area contributed by atoms with Crippen LogP contribution in [-0.2, 0) is 0 Å². The van der Waals surface area contributed by atoms with Crippen molar-refractivity contribution in [3.8, 4) is 34.4 Å². The zero-order valence-corrected chi connectivity index (χ0v) is 28.5. The lowest BCUT2D eigenvalue weighted by Crippen LogP contribution is -2.08. The molecule has 0 saturated heterocycles. The van der Waals surface area contributed by atoms with E-state index in [-0.39, 0.29) is 22.3 Å². The van der Waals surface area contributed by atoms with Gasteiger partial charge in [-0.2, -0.15) is 10.5 Å². The van der Waals surface area contributed by atoms with Gasteiger partial charge in [0.15, 0.2) is 46.5 Å². The highest BCUT2D eigenvalue weighted by molar-refractivity contribution is 5.99. The maximum absolute atomic E-state index is 15.0. The van der Waals surface area contributed by atoms with Gasteiger partial charge < -0.3 is 9.80 Å². The van der Waals surface area contributed by atoms with Crippen LogP contribution in [-0.4, -0.2) is 28.2 Å². The van der Waals surface area contributed by atoms with Crippen molar-refractivity contribution in [1.29, 1.82) is 10.5 Å². The van der Waals surface area contributed by atoms with E-state index in [0.717, 1.165) is 12.2 Å². The lowest BCUT2D eigenvalue weighted by atomic mass is 9.88. The third-order valence-corrected chi connectivity index (χ3v) is 8.41. The first-order valence-corrected chi connectivity index (χ1v) is 15.5. The fourth-order valence-electron chi connectivity index (χ4n) is 5.56. The second kappa shape index (κ2) is 15.2. The van der Waals surface area contributed by atoms with Crippen molar-refractivity contribution in [2.24, 2.45) is 0 Å². The van der Waals surface area contributed by atoms with Crippen molar-refractivity contribution in [2.45, 2.75) is 0 Å². The molecule has 0 N–H and O–H groups in total. The van der Waals surface area contributed by atoms with Crippen molar-refractivity contribution in [1.82, 2.24) is 0 Å². The van der Waals surface area contributed by atoms with Crippen LogP contribution in [0.15, 0.2) is 60.7 Å². The molecule has 54 heavy (non-hydrogen) atoms. The van der Waals surface area contributed by atoms with E-state index in [1.807, 2.05) is 0 Å². The Labute approximate surface area is 302 Å². The first-order chi connectivity index (χ1) is 25.5. The minimum atomic E-state index is -2.44. The number of hydrogen-bond donors (Lipinski definition) is 0. The average Bonchev–Trinajstić information content (AvgIpc) is 3.17. The van der Waals surface area contributed by atoms with Gasteiger partial charge in [0, 0.05) is 39.6 Å². The molecule has 0 aromatic heterocycles. The smallest absolute Gasteiger partial charge is 0.200 e.